The Labute approximate surface area is 110 Å². The van der Waals surface area contributed by atoms with Crippen LogP contribution in [0, 0.1) is 0 Å². The van der Waals surface area contributed by atoms with Gasteiger partial charge in [-0.3, -0.25) is 10.1 Å². The van der Waals surface area contributed by atoms with Crippen molar-refractivity contribution < 1.29 is 14.3 Å². The summed E-state index contributed by atoms with van der Waals surface area (Å²) in [6.07, 6.45) is 3.09. The number of ether oxygens (including phenoxy) is 2. The summed E-state index contributed by atoms with van der Waals surface area (Å²) in [5.41, 5.74) is 0.306. The first-order valence-electron chi connectivity index (χ1n) is 5.55. The average molecular weight is 259 g/mol. The molecule has 0 bridgehead atoms. The van der Waals surface area contributed by atoms with Crippen LogP contribution in [0.25, 0.3) is 0 Å². The molecule has 0 fully saturated rings. The minimum Gasteiger partial charge on any atom is -0.496 e. The van der Waals surface area contributed by atoms with Crippen molar-refractivity contribution >= 4 is 11.9 Å². The summed E-state index contributed by atoms with van der Waals surface area (Å²) in [5.74, 6) is 0.682. The molecule has 0 saturated carbocycles. The van der Waals surface area contributed by atoms with Gasteiger partial charge in [0.2, 0.25) is 5.95 Å². The lowest BCUT2D eigenvalue weighted by Gasteiger charge is -2.12. The molecule has 0 aliphatic heterocycles. The third-order valence-electron chi connectivity index (χ3n) is 2.45. The fourth-order valence-electron chi connectivity index (χ4n) is 1.60. The molecule has 1 amide bonds. The molecule has 6 heteroatoms. The van der Waals surface area contributed by atoms with Gasteiger partial charge in [-0.15, -0.1) is 0 Å². The summed E-state index contributed by atoms with van der Waals surface area (Å²) in [6.45, 7) is 0. The molecule has 1 heterocycles. The zero-order valence-electron chi connectivity index (χ0n) is 10.6. The number of anilines is 1. The Morgan fingerprint density at radius 3 is 2.16 bits per heavy atom. The molecule has 0 saturated heterocycles. The summed E-state index contributed by atoms with van der Waals surface area (Å²) in [4.78, 5) is 20.1. The van der Waals surface area contributed by atoms with Crippen molar-refractivity contribution in [2.24, 2.45) is 0 Å². The first-order valence-corrected chi connectivity index (χ1v) is 5.55. The Balaban J connectivity index is 2.33. The second kappa shape index (κ2) is 5.81. The van der Waals surface area contributed by atoms with Crippen molar-refractivity contribution in [3.8, 4) is 11.5 Å². The van der Waals surface area contributed by atoms with Gasteiger partial charge in [0.1, 0.15) is 17.1 Å². The van der Waals surface area contributed by atoms with E-state index in [9.17, 15) is 4.79 Å². The highest BCUT2D eigenvalue weighted by Gasteiger charge is 2.18. The number of hydrogen-bond acceptors (Lipinski definition) is 5. The van der Waals surface area contributed by atoms with E-state index in [0.717, 1.165) is 0 Å². The van der Waals surface area contributed by atoms with Crippen LogP contribution in [0.2, 0.25) is 0 Å². The van der Waals surface area contributed by atoms with Gasteiger partial charge in [0.15, 0.2) is 0 Å². The predicted molar refractivity (Wildman–Crippen MR) is 69.5 cm³/mol. The summed E-state index contributed by atoms with van der Waals surface area (Å²) in [5, 5.41) is 2.59. The summed E-state index contributed by atoms with van der Waals surface area (Å²) >= 11 is 0. The van der Waals surface area contributed by atoms with Crippen molar-refractivity contribution in [2.75, 3.05) is 19.5 Å². The van der Waals surface area contributed by atoms with Crippen LogP contribution >= 0.6 is 0 Å². The molecule has 0 aliphatic carbocycles. The minimum atomic E-state index is -0.388. The minimum absolute atomic E-state index is 0.223. The highest BCUT2D eigenvalue weighted by atomic mass is 16.5. The van der Waals surface area contributed by atoms with E-state index in [1.807, 2.05) is 0 Å². The van der Waals surface area contributed by atoms with Gasteiger partial charge >= 0.3 is 0 Å². The largest absolute Gasteiger partial charge is 0.496 e. The quantitative estimate of drug-likeness (QED) is 0.905. The molecule has 2 aromatic rings. The number of hydrogen-bond donors (Lipinski definition) is 1. The molecule has 6 nitrogen and oxygen atoms in total. The number of carbonyl (C=O) groups is 1. The van der Waals surface area contributed by atoms with E-state index < -0.39 is 0 Å². The van der Waals surface area contributed by atoms with Gasteiger partial charge in [-0.1, -0.05) is 6.07 Å². The molecular formula is C13H13N3O3. The smallest absolute Gasteiger partial charge is 0.265 e. The van der Waals surface area contributed by atoms with Crippen molar-refractivity contribution in [1.29, 1.82) is 0 Å². The van der Waals surface area contributed by atoms with E-state index >= 15 is 0 Å². The third-order valence-corrected chi connectivity index (χ3v) is 2.45. The van der Waals surface area contributed by atoms with Crippen LogP contribution in [0.3, 0.4) is 0 Å². The molecular weight excluding hydrogens is 246 g/mol. The Bertz CT molecular complexity index is 550. The topological polar surface area (TPSA) is 73.3 Å². The fourth-order valence-corrected chi connectivity index (χ4v) is 1.60. The van der Waals surface area contributed by atoms with Gasteiger partial charge in [-0.05, 0) is 18.2 Å². The molecule has 98 valence electrons. The first-order chi connectivity index (χ1) is 9.26. The van der Waals surface area contributed by atoms with Crippen LogP contribution in [0.4, 0.5) is 5.95 Å². The molecule has 0 unspecified atom stereocenters. The van der Waals surface area contributed by atoms with Crippen LogP contribution in [-0.4, -0.2) is 30.1 Å². The van der Waals surface area contributed by atoms with Gasteiger partial charge in [-0.25, -0.2) is 9.97 Å². The van der Waals surface area contributed by atoms with Gasteiger partial charge in [0.25, 0.3) is 5.91 Å². The highest BCUT2D eigenvalue weighted by Crippen LogP contribution is 2.28. The van der Waals surface area contributed by atoms with E-state index in [2.05, 4.69) is 15.3 Å². The highest BCUT2D eigenvalue weighted by molar-refractivity contribution is 6.07. The molecule has 1 N–H and O–H groups in total. The molecule has 0 aliphatic rings. The van der Waals surface area contributed by atoms with Crippen molar-refractivity contribution in [3.63, 3.8) is 0 Å². The predicted octanol–water partition coefficient (Wildman–Crippen LogP) is 1.75. The van der Waals surface area contributed by atoms with Crippen LogP contribution < -0.4 is 14.8 Å². The van der Waals surface area contributed by atoms with E-state index in [4.69, 9.17) is 9.47 Å². The van der Waals surface area contributed by atoms with Crippen molar-refractivity contribution in [2.45, 2.75) is 0 Å². The lowest BCUT2D eigenvalue weighted by molar-refractivity contribution is 0.102. The fraction of sp³-hybridized carbons (Fsp3) is 0.154. The number of amides is 1. The van der Waals surface area contributed by atoms with Gasteiger partial charge in [0, 0.05) is 12.4 Å². The number of nitrogens with zero attached hydrogens (tertiary/aromatic N) is 2. The van der Waals surface area contributed by atoms with Gasteiger partial charge < -0.3 is 9.47 Å². The maximum Gasteiger partial charge on any atom is 0.265 e. The summed E-state index contributed by atoms with van der Waals surface area (Å²) in [6, 6.07) is 6.78. The molecule has 19 heavy (non-hydrogen) atoms. The van der Waals surface area contributed by atoms with E-state index in [1.54, 1.807) is 36.7 Å². The first kappa shape index (κ1) is 12.8. The number of aromatic nitrogens is 2. The van der Waals surface area contributed by atoms with Crippen LogP contribution in [0.5, 0.6) is 11.5 Å². The standard InChI is InChI=1S/C13H13N3O3/c1-18-9-5-3-6-10(19-2)11(9)12(17)16-13-14-7-4-8-15-13/h3-8H,1-2H3,(H,14,15,16,17). The number of benzene rings is 1. The number of nitrogens with one attached hydrogen (secondary N) is 1. The van der Waals surface area contributed by atoms with Crippen molar-refractivity contribution in [1.82, 2.24) is 9.97 Å². The Morgan fingerprint density at radius 1 is 1.05 bits per heavy atom. The second-order valence-electron chi connectivity index (χ2n) is 3.56. The Morgan fingerprint density at radius 2 is 1.63 bits per heavy atom. The lowest BCUT2D eigenvalue weighted by atomic mass is 10.1. The van der Waals surface area contributed by atoms with E-state index in [1.165, 1.54) is 14.2 Å². The maximum absolute atomic E-state index is 12.2. The molecule has 0 radical (unpaired) electrons. The van der Waals surface area contributed by atoms with E-state index in [-0.39, 0.29) is 11.9 Å². The number of methoxy groups -OCH3 is 2. The van der Waals surface area contributed by atoms with Crippen molar-refractivity contribution in [3.05, 3.63) is 42.2 Å². The molecule has 1 aromatic carbocycles. The van der Waals surface area contributed by atoms with Crippen LogP contribution in [0.1, 0.15) is 10.4 Å². The summed E-state index contributed by atoms with van der Waals surface area (Å²) < 4.78 is 10.3. The SMILES string of the molecule is COc1cccc(OC)c1C(=O)Nc1ncccn1. The average Bonchev–Trinajstić information content (AvgIpc) is 2.47. The van der Waals surface area contributed by atoms with Crippen LogP contribution in [-0.2, 0) is 0 Å². The zero-order valence-corrected chi connectivity index (χ0v) is 10.6. The van der Waals surface area contributed by atoms with Crippen LogP contribution in [0.15, 0.2) is 36.7 Å². The Kier molecular flexibility index (Phi) is 3.92. The normalized spacial score (nSPS) is 9.79. The summed E-state index contributed by atoms with van der Waals surface area (Å²) in [7, 11) is 2.98. The second-order valence-corrected chi connectivity index (χ2v) is 3.56. The van der Waals surface area contributed by atoms with Gasteiger partial charge in [0.05, 0.1) is 14.2 Å². The third kappa shape index (κ3) is 2.79. The lowest BCUT2D eigenvalue weighted by Crippen LogP contribution is -2.16. The molecule has 2 rings (SSSR count). The molecule has 1 aromatic heterocycles. The molecule has 0 atom stereocenters. The maximum atomic E-state index is 12.2. The molecule has 0 spiro atoms. The Hall–Kier alpha value is -2.63. The number of carbonyl (C=O) groups excluding carboxylic acids is 1. The van der Waals surface area contributed by atoms with E-state index in [0.29, 0.717) is 17.1 Å². The zero-order chi connectivity index (χ0) is 13.7. The number of rotatable bonds is 4. The monoisotopic (exact) mass is 259 g/mol. The van der Waals surface area contributed by atoms with Gasteiger partial charge in [-0.2, -0.15) is 0 Å².